The van der Waals surface area contributed by atoms with Crippen LogP contribution in [0.4, 0.5) is 0 Å². The van der Waals surface area contributed by atoms with Gasteiger partial charge in [0.2, 0.25) is 0 Å². The van der Waals surface area contributed by atoms with E-state index in [0.29, 0.717) is 5.02 Å². The number of aliphatic hydroxyl groups is 1. The van der Waals surface area contributed by atoms with Crippen molar-refractivity contribution in [3.63, 3.8) is 0 Å². The maximum absolute atomic E-state index is 9.20. The zero-order chi connectivity index (χ0) is 11.4. The molecule has 15 heavy (non-hydrogen) atoms. The van der Waals surface area contributed by atoms with Crippen LogP contribution in [-0.4, -0.2) is 25.9 Å². The third-order valence-electron chi connectivity index (χ3n) is 2.42. The van der Waals surface area contributed by atoms with Crippen molar-refractivity contribution in [2.45, 2.75) is 13.0 Å². The minimum Gasteiger partial charge on any atom is -0.496 e. The van der Waals surface area contributed by atoms with Gasteiger partial charge in [-0.2, -0.15) is 0 Å². The van der Waals surface area contributed by atoms with Crippen LogP contribution in [0.1, 0.15) is 17.2 Å². The van der Waals surface area contributed by atoms with Gasteiger partial charge in [-0.05, 0) is 31.7 Å². The number of hydrogen-bond donors (Lipinski definition) is 2. The van der Waals surface area contributed by atoms with Crippen molar-refractivity contribution in [1.29, 1.82) is 0 Å². The monoisotopic (exact) mass is 229 g/mol. The molecular formula is C11H16ClNO2. The molecule has 84 valence electrons. The molecule has 0 aromatic heterocycles. The molecule has 1 unspecified atom stereocenters. The molecule has 0 spiro atoms. The van der Waals surface area contributed by atoms with Crippen LogP contribution in [0.2, 0.25) is 5.02 Å². The number of halogens is 1. The highest BCUT2D eigenvalue weighted by atomic mass is 35.5. The van der Waals surface area contributed by atoms with Crippen LogP contribution in [0.5, 0.6) is 5.75 Å². The van der Waals surface area contributed by atoms with E-state index in [2.05, 4.69) is 5.32 Å². The summed E-state index contributed by atoms with van der Waals surface area (Å²) in [6, 6.07) is 3.54. The summed E-state index contributed by atoms with van der Waals surface area (Å²) in [6.07, 6.45) is 0. The van der Waals surface area contributed by atoms with Crippen molar-refractivity contribution in [3.8, 4) is 5.75 Å². The number of ether oxygens (including phenoxy) is 1. The predicted molar refractivity (Wildman–Crippen MR) is 61.6 cm³/mol. The Labute approximate surface area is 95.0 Å². The fourth-order valence-corrected chi connectivity index (χ4v) is 1.64. The fourth-order valence-electron chi connectivity index (χ4n) is 1.46. The van der Waals surface area contributed by atoms with Crippen molar-refractivity contribution < 1.29 is 9.84 Å². The molecule has 1 rings (SSSR count). The Morgan fingerprint density at radius 1 is 1.53 bits per heavy atom. The molecule has 2 N–H and O–H groups in total. The van der Waals surface area contributed by atoms with Gasteiger partial charge in [0.05, 0.1) is 19.8 Å². The van der Waals surface area contributed by atoms with Crippen molar-refractivity contribution >= 4 is 11.6 Å². The molecular weight excluding hydrogens is 214 g/mol. The summed E-state index contributed by atoms with van der Waals surface area (Å²) in [4.78, 5) is 0. The Morgan fingerprint density at radius 2 is 2.20 bits per heavy atom. The molecule has 0 saturated carbocycles. The van der Waals surface area contributed by atoms with E-state index in [4.69, 9.17) is 16.3 Å². The molecule has 0 aliphatic heterocycles. The quantitative estimate of drug-likeness (QED) is 0.829. The average Bonchev–Trinajstić information content (AvgIpc) is 2.24. The van der Waals surface area contributed by atoms with Gasteiger partial charge in [-0.1, -0.05) is 11.6 Å². The number of aliphatic hydroxyl groups excluding tert-OH is 1. The lowest BCUT2D eigenvalue weighted by atomic mass is 10.0. The smallest absolute Gasteiger partial charge is 0.124 e. The summed E-state index contributed by atoms with van der Waals surface area (Å²) in [5.74, 6) is 0.741. The minimum absolute atomic E-state index is 0.00620. The zero-order valence-electron chi connectivity index (χ0n) is 9.17. The van der Waals surface area contributed by atoms with E-state index < -0.39 is 0 Å². The molecule has 0 heterocycles. The van der Waals surface area contributed by atoms with Gasteiger partial charge >= 0.3 is 0 Å². The number of rotatable bonds is 4. The summed E-state index contributed by atoms with van der Waals surface area (Å²) < 4.78 is 5.26. The number of aryl methyl sites for hydroxylation is 1. The molecule has 0 bridgehead atoms. The molecule has 4 heteroatoms. The summed E-state index contributed by atoms with van der Waals surface area (Å²) in [6.45, 7) is 1.92. The maximum atomic E-state index is 9.20. The minimum atomic E-state index is -0.155. The fraction of sp³-hybridized carbons (Fsp3) is 0.455. The topological polar surface area (TPSA) is 41.5 Å². The van der Waals surface area contributed by atoms with Crippen LogP contribution in [0, 0.1) is 6.92 Å². The third kappa shape index (κ3) is 2.62. The molecule has 0 aliphatic rings. The van der Waals surface area contributed by atoms with Crippen molar-refractivity contribution in [3.05, 3.63) is 28.3 Å². The second-order valence-corrected chi connectivity index (χ2v) is 3.77. The van der Waals surface area contributed by atoms with Gasteiger partial charge in [-0.15, -0.1) is 0 Å². The van der Waals surface area contributed by atoms with Crippen molar-refractivity contribution in [2.24, 2.45) is 0 Å². The number of nitrogens with one attached hydrogen (secondary N) is 1. The Bertz CT molecular complexity index is 338. The first-order valence-corrected chi connectivity index (χ1v) is 5.14. The molecule has 1 aromatic rings. The van der Waals surface area contributed by atoms with Gasteiger partial charge in [-0.25, -0.2) is 0 Å². The number of benzene rings is 1. The summed E-state index contributed by atoms with van der Waals surface area (Å²) in [5, 5.41) is 12.9. The Balaban J connectivity index is 3.20. The SMILES string of the molecule is CNC(CO)c1cc(Cl)c(C)cc1OC. The third-order valence-corrected chi connectivity index (χ3v) is 2.82. The second kappa shape index (κ2) is 5.35. The second-order valence-electron chi connectivity index (χ2n) is 3.37. The molecule has 0 aliphatic carbocycles. The molecule has 1 aromatic carbocycles. The first-order chi connectivity index (χ1) is 7.13. The zero-order valence-corrected chi connectivity index (χ0v) is 9.93. The molecule has 0 saturated heterocycles. The van der Waals surface area contributed by atoms with E-state index in [0.717, 1.165) is 16.9 Å². The van der Waals surface area contributed by atoms with Crippen molar-refractivity contribution in [1.82, 2.24) is 5.32 Å². The Morgan fingerprint density at radius 3 is 2.67 bits per heavy atom. The molecule has 1 atom stereocenters. The highest BCUT2D eigenvalue weighted by Crippen LogP contribution is 2.30. The lowest BCUT2D eigenvalue weighted by molar-refractivity contribution is 0.247. The largest absolute Gasteiger partial charge is 0.496 e. The van der Waals surface area contributed by atoms with Crippen LogP contribution in [0.3, 0.4) is 0 Å². The molecule has 3 nitrogen and oxygen atoms in total. The van der Waals surface area contributed by atoms with E-state index >= 15 is 0 Å². The van der Waals surface area contributed by atoms with Gasteiger partial charge in [-0.3, -0.25) is 0 Å². The molecule has 0 fully saturated rings. The van der Waals surface area contributed by atoms with Gasteiger partial charge in [0.1, 0.15) is 5.75 Å². The average molecular weight is 230 g/mol. The standard InChI is InChI=1S/C11H16ClNO2/c1-7-4-11(15-3)8(5-9(7)12)10(6-14)13-2/h4-5,10,13-14H,6H2,1-3H3. The van der Waals surface area contributed by atoms with E-state index in [9.17, 15) is 5.11 Å². The lowest BCUT2D eigenvalue weighted by Crippen LogP contribution is -2.20. The first kappa shape index (κ1) is 12.3. The van der Waals surface area contributed by atoms with Gasteiger partial charge in [0, 0.05) is 10.6 Å². The van der Waals surface area contributed by atoms with Crippen LogP contribution in [0.15, 0.2) is 12.1 Å². The number of hydrogen-bond acceptors (Lipinski definition) is 3. The summed E-state index contributed by atoms with van der Waals surface area (Å²) in [7, 11) is 3.39. The predicted octanol–water partition coefficient (Wildman–Crippen LogP) is 1.91. The van der Waals surface area contributed by atoms with Crippen LogP contribution < -0.4 is 10.1 Å². The van der Waals surface area contributed by atoms with Crippen LogP contribution in [-0.2, 0) is 0 Å². The Kier molecular flexibility index (Phi) is 4.39. The van der Waals surface area contributed by atoms with E-state index in [-0.39, 0.29) is 12.6 Å². The van der Waals surface area contributed by atoms with Crippen LogP contribution in [0.25, 0.3) is 0 Å². The normalized spacial score (nSPS) is 12.6. The summed E-state index contributed by atoms with van der Waals surface area (Å²) in [5.41, 5.74) is 1.84. The number of likely N-dealkylation sites (N-methyl/N-ethyl adjacent to an activating group) is 1. The van der Waals surface area contributed by atoms with Crippen LogP contribution >= 0.6 is 11.6 Å². The van der Waals surface area contributed by atoms with E-state index in [1.165, 1.54) is 0 Å². The highest BCUT2D eigenvalue weighted by molar-refractivity contribution is 6.31. The van der Waals surface area contributed by atoms with Crippen molar-refractivity contribution in [2.75, 3.05) is 20.8 Å². The Hall–Kier alpha value is -0.770. The van der Waals surface area contributed by atoms with Gasteiger partial charge in [0.25, 0.3) is 0 Å². The number of methoxy groups -OCH3 is 1. The maximum Gasteiger partial charge on any atom is 0.124 e. The molecule has 0 amide bonds. The van der Waals surface area contributed by atoms with Gasteiger partial charge < -0.3 is 15.2 Å². The van der Waals surface area contributed by atoms with E-state index in [1.54, 1.807) is 14.2 Å². The van der Waals surface area contributed by atoms with Gasteiger partial charge in [0.15, 0.2) is 0 Å². The first-order valence-electron chi connectivity index (χ1n) is 4.76. The lowest BCUT2D eigenvalue weighted by Gasteiger charge is -2.18. The van der Waals surface area contributed by atoms with E-state index in [1.807, 2.05) is 19.1 Å². The molecule has 0 radical (unpaired) electrons. The highest BCUT2D eigenvalue weighted by Gasteiger charge is 2.15. The summed E-state index contributed by atoms with van der Waals surface area (Å²) >= 11 is 6.04.